The van der Waals surface area contributed by atoms with Gasteiger partial charge in [-0.05, 0) is 28.9 Å². The first-order valence-corrected chi connectivity index (χ1v) is 5.17. The molecule has 0 bridgehead atoms. The molecule has 5 heteroatoms. The average molecular weight is 278 g/mol. The summed E-state index contributed by atoms with van der Waals surface area (Å²) >= 11 is 3.20. The number of benzene rings is 1. The highest BCUT2D eigenvalue weighted by Crippen LogP contribution is 2.41. The van der Waals surface area contributed by atoms with Gasteiger partial charge in [0.25, 0.3) is 0 Å². The van der Waals surface area contributed by atoms with Crippen molar-refractivity contribution in [3.8, 4) is 11.5 Å². The Kier molecular flexibility index (Phi) is 3.93. The average Bonchev–Trinajstić information content (AvgIpc) is 2.15. The van der Waals surface area contributed by atoms with Gasteiger partial charge in [-0.1, -0.05) is 0 Å². The van der Waals surface area contributed by atoms with Gasteiger partial charge in [-0.2, -0.15) is 0 Å². The van der Waals surface area contributed by atoms with Crippen LogP contribution in [0.15, 0.2) is 10.5 Å². The van der Waals surface area contributed by atoms with E-state index in [4.69, 9.17) is 15.2 Å². The number of nitrogens with two attached hydrogens (primary N) is 1. The fourth-order valence-electron chi connectivity index (χ4n) is 1.41. The van der Waals surface area contributed by atoms with E-state index in [0.717, 1.165) is 0 Å². The van der Waals surface area contributed by atoms with Crippen LogP contribution >= 0.6 is 15.9 Å². The first-order valence-electron chi connectivity index (χ1n) is 4.38. The molecule has 3 nitrogen and oxygen atoms in total. The van der Waals surface area contributed by atoms with Crippen LogP contribution in [-0.2, 0) is 0 Å². The largest absolute Gasteiger partial charge is 0.492 e. The SMILES string of the molecule is COc1c(Br)cc(F)c(C(C)N)c1OC. The van der Waals surface area contributed by atoms with Crippen molar-refractivity contribution >= 4 is 15.9 Å². The van der Waals surface area contributed by atoms with Crippen LogP contribution in [0.1, 0.15) is 18.5 Å². The molecule has 1 aromatic rings. The highest BCUT2D eigenvalue weighted by atomic mass is 79.9. The lowest BCUT2D eigenvalue weighted by Gasteiger charge is -2.17. The summed E-state index contributed by atoms with van der Waals surface area (Å²) in [6, 6.07) is 0.863. The van der Waals surface area contributed by atoms with Gasteiger partial charge in [0, 0.05) is 6.04 Å². The highest BCUT2D eigenvalue weighted by Gasteiger charge is 2.21. The monoisotopic (exact) mass is 277 g/mol. The molecule has 0 fully saturated rings. The third kappa shape index (κ3) is 2.23. The third-order valence-electron chi connectivity index (χ3n) is 2.04. The summed E-state index contributed by atoms with van der Waals surface area (Å²) in [5.74, 6) is 0.375. The smallest absolute Gasteiger partial charge is 0.175 e. The van der Waals surface area contributed by atoms with Crippen molar-refractivity contribution in [3.63, 3.8) is 0 Å². The number of hydrogen-bond donors (Lipinski definition) is 1. The van der Waals surface area contributed by atoms with Crippen molar-refractivity contribution in [2.24, 2.45) is 5.73 Å². The molecule has 2 N–H and O–H groups in total. The number of methoxy groups -OCH3 is 2. The number of rotatable bonds is 3. The van der Waals surface area contributed by atoms with Gasteiger partial charge in [-0.25, -0.2) is 4.39 Å². The van der Waals surface area contributed by atoms with Crippen LogP contribution in [0.5, 0.6) is 11.5 Å². The van der Waals surface area contributed by atoms with Gasteiger partial charge in [-0.15, -0.1) is 0 Å². The lowest BCUT2D eigenvalue weighted by atomic mass is 10.1. The Labute approximate surface area is 96.5 Å². The van der Waals surface area contributed by atoms with Gasteiger partial charge in [0.1, 0.15) is 5.82 Å². The van der Waals surface area contributed by atoms with Crippen molar-refractivity contribution in [2.45, 2.75) is 13.0 Å². The lowest BCUT2D eigenvalue weighted by Crippen LogP contribution is -2.10. The van der Waals surface area contributed by atoms with E-state index >= 15 is 0 Å². The van der Waals surface area contributed by atoms with Crippen LogP contribution in [0.25, 0.3) is 0 Å². The van der Waals surface area contributed by atoms with E-state index in [1.807, 2.05) is 0 Å². The normalized spacial score (nSPS) is 12.4. The maximum Gasteiger partial charge on any atom is 0.175 e. The van der Waals surface area contributed by atoms with E-state index < -0.39 is 11.9 Å². The highest BCUT2D eigenvalue weighted by molar-refractivity contribution is 9.10. The molecule has 0 aliphatic heterocycles. The summed E-state index contributed by atoms with van der Waals surface area (Å²) in [7, 11) is 2.95. The maximum absolute atomic E-state index is 13.6. The van der Waals surface area contributed by atoms with Gasteiger partial charge in [0.2, 0.25) is 0 Å². The molecule has 0 heterocycles. The van der Waals surface area contributed by atoms with Gasteiger partial charge in [0.15, 0.2) is 11.5 Å². The number of ether oxygens (including phenoxy) is 2. The summed E-state index contributed by atoms with van der Waals surface area (Å²) in [6.45, 7) is 1.69. The topological polar surface area (TPSA) is 44.5 Å². The second-order valence-electron chi connectivity index (χ2n) is 3.11. The number of hydrogen-bond acceptors (Lipinski definition) is 3. The standard InChI is InChI=1S/C10H13BrFNO2/c1-5(13)8-7(12)4-6(11)9(14-2)10(8)15-3/h4-5H,13H2,1-3H3. The Morgan fingerprint density at radius 1 is 1.33 bits per heavy atom. The summed E-state index contributed by atoms with van der Waals surface area (Å²) in [6.07, 6.45) is 0. The molecular formula is C10H13BrFNO2. The summed E-state index contributed by atoms with van der Waals surface area (Å²) < 4.78 is 24.4. The molecule has 84 valence electrons. The molecule has 1 unspecified atom stereocenters. The fourth-order valence-corrected chi connectivity index (χ4v) is 1.95. The summed E-state index contributed by atoms with van der Waals surface area (Å²) in [5.41, 5.74) is 5.99. The van der Waals surface area contributed by atoms with Crippen LogP contribution in [0.3, 0.4) is 0 Å². The van der Waals surface area contributed by atoms with Crippen molar-refractivity contribution in [2.75, 3.05) is 14.2 Å². The van der Waals surface area contributed by atoms with Crippen molar-refractivity contribution < 1.29 is 13.9 Å². The van der Waals surface area contributed by atoms with Crippen molar-refractivity contribution in [1.29, 1.82) is 0 Å². The third-order valence-corrected chi connectivity index (χ3v) is 2.63. The molecule has 15 heavy (non-hydrogen) atoms. The summed E-state index contributed by atoms with van der Waals surface area (Å²) in [4.78, 5) is 0. The van der Waals surface area contributed by atoms with Gasteiger partial charge in [0.05, 0.1) is 24.3 Å². The predicted molar refractivity (Wildman–Crippen MR) is 59.8 cm³/mol. The predicted octanol–water partition coefficient (Wildman–Crippen LogP) is 2.63. The van der Waals surface area contributed by atoms with E-state index in [9.17, 15) is 4.39 Å². The molecule has 0 spiro atoms. The molecule has 0 saturated carbocycles. The van der Waals surface area contributed by atoms with Crippen LogP contribution in [-0.4, -0.2) is 14.2 Å². The van der Waals surface area contributed by atoms with Crippen LogP contribution in [0, 0.1) is 5.82 Å². The molecule has 0 saturated heterocycles. The Morgan fingerprint density at radius 3 is 2.27 bits per heavy atom. The molecule has 0 aliphatic carbocycles. The first-order chi connectivity index (χ1) is 7.02. The van der Waals surface area contributed by atoms with E-state index in [1.54, 1.807) is 6.92 Å². The minimum absolute atomic E-state index is 0.317. The Hall–Kier alpha value is -0.810. The van der Waals surface area contributed by atoms with E-state index in [-0.39, 0.29) is 0 Å². The molecule has 1 rings (SSSR count). The quantitative estimate of drug-likeness (QED) is 0.924. The summed E-state index contributed by atoms with van der Waals surface area (Å²) in [5, 5.41) is 0. The molecule has 0 radical (unpaired) electrons. The fraction of sp³-hybridized carbons (Fsp3) is 0.400. The molecule has 0 aliphatic rings. The Morgan fingerprint density at radius 2 is 1.87 bits per heavy atom. The van der Waals surface area contributed by atoms with Crippen LogP contribution in [0.2, 0.25) is 0 Å². The van der Waals surface area contributed by atoms with Crippen LogP contribution in [0.4, 0.5) is 4.39 Å². The Bertz CT molecular complexity index is 369. The second kappa shape index (κ2) is 4.81. The van der Waals surface area contributed by atoms with Crippen molar-refractivity contribution in [1.82, 2.24) is 0 Å². The van der Waals surface area contributed by atoms with Gasteiger partial charge < -0.3 is 15.2 Å². The zero-order chi connectivity index (χ0) is 11.6. The minimum atomic E-state index is -0.457. The van der Waals surface area contributed by atoms with Gasteiger partial charge in [-0.3, -0.25) is 0 Å². The van der Waals surface area contributed by atoms with Crippen LogP contribution < -0.4 is 15.2 Å². The molecule has 1 atom stereocenters. The van der Waals surface area contributed by atoms with E-state index in [2.05, 4.69) is 15.9 Å². The Balaban J connectivity index is 3.49. The zero-order valence-corrected chi connectivity index (χ0v) is 10.4. The number of halogens is 2. The maximum atomic E-state index is 13.6. The molecule has 0 amide bonds. The van der Waals surface area contributed by atoms with Crippen molar-refractivity contribution in [3.05, 3.63) is 21.9 Å². The first kappa shape index (κ1) is 12.3. The molecule has 0 aromatic heterocycles. The lowest BCUT2D eigenvalue weighted by molar-refractivity contribution is 0.344. The second-order valence-corrected chi connectivity index (χ2v) is 3.96. The van der Waals surface area contributed by atoms with E-state index in [1.165, 1.54) is 20.3 Å². The zero-order valence-electron chi connectivity index (χ0n) is 8.80. The molecule has 1 aromatic carbocycles. The van der Waals surface area contributed by atoms with E-state index in [0.29, 0.717) is 21.5 Å². The van der Waals surface area contributed by atoms with Gasteiger partial charge >= 0.3 is 0 Å². The molecular weight excluding hydrogens is 265 g/mol. The minimum Gasteiger partial charge on any atom is -0.492 e.